The van der Waals surface area contributed by atoms with E-state index in [2.05, 4.69) is 5.32 Å². The Labute approximate surface area is 232 Å². The molecule has 0 aromatic heterocycles. The van der Waals surface area contributed by atoms with Gasteiger partial charge in [-0.25, -0.2) is 9.69 Å². The standard InChI is InChI=1S/C25H14Cl2F3N3O7/c1-39-15-5-3-14(4-6-15)32-23(35)16(22(34)31-24(32)36)8-12-9-17(26)21(18(27)10-12)40-20-7-2-13(25(28,29)30)11-19(20)33(37)38/h2-11H,1H3,(H,31,34,36)/b16-8+. The minimum atomic E-state index is -4.83. The molecule has 15 heteroatoms. The molecule has 1 saturated heterocycles. The number of halogens is 5. The molecule has 40 heavy (non-hydrogen) atoms. The zero-order valence-electron chi connectivity index (χ0n) is 19.9. The van der Waals surface area contributed by atoms with E-state index in [9.17, 15) is 37.7 Å². The number of carbonyl (C=O) groups is 3. The second-order valence-electron chi connectivity index (χ2n) is 8.01. The minimum Gasteiger partial charge on any atom is -0.497 e. The van der Waals surface area contributed by atoms with Crippen molar-refractivity contribution in [1.29, 1.82) is 0 Å². The summed E-state index contributed by atoms with van der Waals surface area (Å²) in [6.07, 6.45) is -3.73. The molecule has 1 heterocycles. The Morgan fingerprint density at radius 1 is 1.00 bits per heavy atom. The van der Waals surface area contributed by atoms with Crippen molar-refractivity contribution in [2.24, 2.45) is 0 Å². The molecule has 1 N–H and O–H groups in total. The molecule has 0 saturated carbocycles. The van der Waals surface area contributed by atoms with Gasteiger partial charge in [-0.15, -0.1) is 0 Å². The van der Waals surface area contributed by atoms with Gasteiger partial charge in [0.25, 0.3) is 11.8 Å². The highest BCUT2D eigenvalue weighted by atomic mass is 35.5. The summed E-state index contributed by atoms with van der Waals surface area (Å²) in [4.78, 5) is 49.0. The molecule has 1 fully saturated rings. The van der Waals surface area contributed by atoms with Crippen LogP contribution in [0.5, 0.6) is 17.2 Å². The predicted octanol–water partition coefficient (Wildman–Crippen LogP) is 6.39. The third-order valence-electron chi connectivity index (χ3n) is 5.46. The Hall–Kier alpha value is -4.62. The Balaban J connectivity index is 1.67. The van der Waals surface area contributed by atoms with Crippen LogP contribution < -0.4 is 19.7 Å². The predicted molar refractivity (Wildman–Crippen MR) is 137 cm³/mol. The maximum atomic E-state index is 13.1. The van der Waals surface area contributed by atoms with Crippen LogP contribution in [0, 0.1) is 10.1 Å². The molecule has 0 atom stereocenters. The molecular weight excluding hydrogens is 582 g/mol. The summed E-state index contributed by atoms with van der Waals surface area (Å²) in [7, 11) is 1.44. The minimum absolute atomic E-state index is 0.104. The first-order valence-corrected chi connectivity index (χ1v) is 11.6. The van der Waals surface area contributed by atoms with E-state index in [0.717, 1.165) is 17.0 Å². The van der Waals surface area contributed by atoms with Gasteiger partial charge in [0.2, 0.25) is 5.75 Å². The van der Waals surface area contributed by atoms with E-state index < -0.39 is 51.5 Å². The van der Waals surface area contributed by atoms with E-state index in [1.807, 2.05) is 0 Å². The Morgan fingerprint density at radius 2 is 1.62 bits per heavy atom. The Kier molecular flexibility index (Phi) is 7.71. The molecule has 3 aromatic carbocycles. The number of alkyl halides is 3. The number of rotatable bonds is 6. The average Bonchev–Trinajstić information content (AvgIpc) is 2.88. The zero-order chi connectivity index (χ0) is 29.4. The summed E-state index contributed by atoms with van der Waals surface area (Å²) in [6.45, 7) is 0. The number of benzene rings is 3. The SMILES string of the molecule is COc1ccc(N2C(=O)NC(=O)/C(=C\c3cc(Cl)c(Oc4ccc(C(F)(F)F)cc4[N+](=O)[O-])c(Cl)c3)C2=O)cc1. The number of barbiturate groups is 1. The molecule has 4 rings (SSSR count). The number of nitrogens with zero attached hydrogens (tertiary/aromatic N) is 2. The number of ether oxygens (including phenoxy) is 2. The molecular formula is C25H14Cl2F3N3O7. The number of nitro benzene ring substituents is 1. The highest BCUT2D eigenvalue weighted by Gasteiger charge is 2.37. The van der Waals surface area contributed by atoms with Gasteiger partial charge in [0.15, 0.2) is 5.75 Å². The van der Waals surface area contributed by atoms with Gasteiger partial charge in [-0.1, -0.05) is 23.2 Å². The van der Waals surface area contributed by atoms with Crippen LogP contribution in [0.15, 0.2) is 60.2 Å². The second-order valence-corrected chi connectivity index (χ2v) is 8.82. The third kappa shape index (κ3) is 5.70. The number of hydrogen-bond acceptors (Lipinski definition) is 7. The molecule has 0 radical (unpaired) electrons. The Morgan fingerprint density at radius 3 is 2.17 bits per heavy atom. The number of carbonyl (C=O) groups excluding carboxylic acids is 3. The van der Waals surface area contributed by atoms with E-state index in [1.54, 1.807) is 0 Å². The number of nitrogens with one attached hydrogen (secondary N) is 1. The van der Waals surface area contributed by atoms with Crippen molar-refractivity contribution in [2.45, 2.75) is 6.18 Å². The van der Waals surface area contributed by atoms with Crippen molar-refractivity contribution in [3.63, 3.8) is 0 Å². The summed E-state index contributed by atoms with van der Waals surface area (Å²) in [5, 5.41) is 12.9. The van der Waals surface area contributed by atoms with Crippen LogP contribution in [0.4, 0.5) is 29.3 Å². The third-order valence-corrected chi connectivity index (χ3v) is 6.02. The molecule has 0 aliphatic carbocycles. The lowest BCUT2D eigenvalue weighted by atomic mass is 10.1. The van der Waals surface area contributed by atoms with Crippen molar-refractivity contribution in [1.82, 2.24) is 5.32 Å². The number of nitro groups is 1. The van der Waals surface area contributed by atoms with Crippen LogP contribution >= 0.6 is 23.2 Å². The van der Waals surface area contributed by atoms with E-state index in [-0.39, 0.29) is 27.0 Å². The van der Waals surface area contributed by atoms with Crippen molar-refractivity contribution < 1.29 is 42.0 Å². The van der Waals surface area contributed by atoms with Gasteiger partial charge in [0.1, 0.15) is 11.3 Å². The van der Waals surface area contributed by atoms with Gasteiger partial charge in [-0.05, 0) is 60.2 Å². The van der Waals surface area contributed by atoms with Crippen LogP contribution in [0.25, 0.3) is 6.08 Å². The molecule has 0 spiro atoms. The van der Waals surface area contributed by atoms with E-state index in [0.29, 0.717) is 17.9 Å². The summed E-state index contributed by atoms with van der Waals surface area (Å²) < 4.78 is 49.4. The fraction of sp³-hybridized carbons (Fsp3) is 0.0800. The van der Waals surface area contributed by atoms with Crippen LogP contribution in [0.2, 0.25) is 10.0 Å². The lowest BCUT2D eigenvalue weighted by Gasteiger charge is -2.26. The molecule has 206 valence electrons. The highest BCUT2D eigenvalue weighted by molar-refractivity contribution is 6.40. The number of hydrogen-bond donors (Lipinski definition) is 1. The van der Waals surface area contributed by atoms with Crippen molar-refractivity contribution >= 4 is 58.5 Å². The number of amides is 4. The normalized spacial score (nSPS) is 14.8. The smallest absolute Gasteiger partial charge is 0.416 e. The van der Waals surface area contributed by atoms with Crippen LogP contribution in [-0.2, 0) is 15.8 Å². The molecule has 0 unspecified atom stereocenters. The monoisotopic (exact) mass is 595 g/mol. The maximum absolute atomic E-state index is 13.1. The van der Waals surface area contributed by atoms with Gasteiger partial charge >= 0.3 is 17.9 Å². The first kappa shape index (κ1) is 28.4. The number of anilines is 1. The number of methoxy groups -OCH3 is 1. The summed E-state index contributed by atoms with van der Waals surface area (Å²) in [5.41, 5.74) is -2.44. The summed E-state index contributed by atoms with van der Waals surface area (Å²) in [5.74, 6) is -2.38. The highest BCUT2D eigenvalue weighted by Crippen LogP contribution is 2.42. The maximum Gasteiger partial charge on any atom is 0.416 e. The molecule has 4 amide bonds. The molecule has 1 aliphatic rings. The van der Waals surface area contributed by atoms with Crippen LogP contribution in [0.3, 0.4) is 0 Å². The average molecular weight is 596 g/mol. The van der Waals surface area contributed by atoms with Gasteiger partial charge in [0, 0.05) is 6.07 Å². The van der Waals surface area contributed by atoms with Crippen molar-refractivity contribution in [3.8, 4) is 17.2 Å². The van der Waals surface area contributed by atoms with Gasteiger partial charge in [0.05, 0.1) is 33.3 Å². The largest absolute Gasteiger partial charge is 0.497 e. The van der Waals surface area contributed by atoms with E-state index in [4.69, 9.17) is 32.7 Å². The fourth-order valence-corrected chi connectivity index (χ4v) is 4.16. The molecule has 1 aliphatic heterocycles. The van der Waals surface area contributed by atoms with E-state index >= 15 is 0 Å². The van der Waals surface area contributed by atoms with Gasteiger partial charge in [-0.2, -0.15) is 13.2 Å². The number of imide groups is 2. The van der Waals surface area contributed by atoms with E-state index in [1.165, 1.54) is 43.5 Å². The van der Waals surface area contributed by atoms with Crippen molar-refractivity contribution in [2.75, 3.05) is 12.0 Å². The lowest BCUT2D eigenvalue weighted by molar-refractivity contribution is -0.385. The first-order valence-electron chi connectivity index (χ1n) is 10.9. The van der Waals surface area contributed by atoms with Gasteiger partial charge < -0.3 is 9.47 Å². The topological polar surface area (TPSA) is 128 Å². The number of urea groups is 1. The van der Waals surface area contributed by atoms with Crippen LogP contribution in [-0.4, -0.2) is 29.9 Å². The summed E-state index contributed by atoms with van der Waals surface area (Å²) >= 11 is 12.5. The zero-order valence-corrected chi connectivity index (χ0v) is 21.4. The molecule has 0 bridgehead atoms. The second kappa shape index (κ2) is 10.9. The Bertz CT molecular complexity index is 1570. The lowest BCUT2D eigenvalue weighted by Crippen LogP contribution is -2.54. The molecule has 3 aromatic rings. The quantitative estimate of drug-likeness (QED) is 0.151. The molecule has 10 nitrogen and oxygen atoms in total. The summed E-state index contributed by atoms with van der Waals surface area (Å²) in [6, 6.07) is 8.94. The fourth-order valence-electron chi connectivity index (χ4n) is 3.58. The van der Waals surface area contributed by atoms with Crippen molar-refractivity contribution in [3.05, 3.63) is 91.5 Å². The first-order chi connectivity index (χ1) is 18.8. The van der Waals surface area contributed by atoms with Gasteiger partial charge in [-0.3, -0.25) is 25.0 Å². The van der Waals surface area contributed by atoms with Crippen LogP contribution in [0.1, 0.15) is 11.1 Å².